The van der Waals surface area contributed by atoms with E-state index in [-0.39, 0.29) is 12.3 Å². The van der Waals surface area contributed by atoms with Crippen LogP contribution in [-0.2, 0) is 4.57 Å². The molecule has 0 saturated heterocycles. The van der Waals surface area contributed by atoms with E-state index in [1.807, 2.05) is 97.1 Å². The van der Waals surface area contributed by atoms with Gasteiger partial charge in [-0.15, -0.1) is 0 Å². The van der Waals surface area contributed by atoms with Crippen molar-refractivity contribution < 1.29 is 14.1 Å². The number of nitrogens with zero attached hydrogens (tertiary/aromatic N) is 1. The van der Waals surface area contributed by atoms with Gasteiger partial charge in [0.2, 0.25) is 5.91 Å². The molecule has 0 aliphatic rings. The second-order valence-corrected chi connectivity index (χ2v) is 10.3. The van der Waals surface area contributed by atoms with Gasteiger partial charge in [-0.25, -0.2) is 0 Å². The number of ether oxygens (including phenoxy) is 1. The molecular weight excluding hydrogens is 405 g/mol. The molecule has 1 aromatic heterocycles. The van der Waals surface area contributed by atoms with Crippen LogP contribution < -0.4 is 15.3 Å². The van der Waals surface area contributed by atoms with Crippen molar-refractivity contribution in [3.63, 3.8) is 0 Å². The molecule has 5 heteroatoms. The van der Waals surface area contributed by atoms with Gasteiger partial charge in [0, 0.05) is 29.4 Å². The number of hydrogen-bond donors (Lipinski definition) is 0. The summed E-state index contributed by atoms with van der Waals surface area (Å²) < 4.78 is 21.8. The van der Waals surface area contributed by atoms with Crippen LogP contribution in [0.1, 0.15) is 22.4 Å². The Balaban J connectivity index is 1.89. The second-order valence-electron chi connectivity index (χ2n) is 7.31. The van der Waals surface area contributed by atoms with Crippen LogP contribution in [0.2, 0.25) is 0 Å². The second kappa shape index (κ2) is 9.20. The van der Waals surface area contributed by atoms with Gasteiger partial charge in [0.05, 0.1) is 12.8 Å². The molecule has 0 bridgehead atoms. The third-order valence-corrected chi connectivity index (χ3v) is 8.97. The van der Waals surface area contributed by atoms with Crippen molar-refractivity contribution in [3.05, 3.63) is 115 Å². The van der Waals surface area contributed by atoms with E-state index in [4.69, 9.17) is 4.74 Å². The minimum absolute atomic E-state index is 0.0992. The maximum Gasteiger partial charge on any atom is 0.231 e. The van der Waals surface area contributed by atoms with E-state index in [9.17, 15) is 9.36 Å². The fourth-order valence-corrected chi connectivity index (χ4v) is 7.12. The molecule has 0 spiro atoms. The molecule has 0 unspecified atom stereocenters. The van der Waals surface area contributed by atoms with Crippen LogP contribution in [-0.4, -0.2) is 17.6 Å². The Morgan fingerprint density at radius 1 is 0.806 bits per heavy atom. The van der Waals surface area contributed by atoms with Crippen molar-refractivity contribution in [1.29, 1.82) is 0 Å². The van der Waals surface area contributed by atoms with Crippen LogP contribution in [0.4, 0.5) is 0 Å². The number of methoxy groups -OCH3 is 1. The van der Waals surface area contributed by atoms with Gasteiger partial charge in [0.15, 0.2) is 7.14 Å². The topological polar surface area (TPSA) is 48.3 Å². The first kappa shape index (κ1) is 20.9. The Kier molecular flexibility index (Phi) is 6.20. The minimum Gasteiger partial charge on any atom is -0.497 e. The predicted octanol–water partition coefficient (Wildman–Crippen LogP) is 5.28. The largest absolute Gasteiger partial charge is 0.497 e. The Labute approximate surface area is 182 Å². The average Bonchev–Trinajstić information content (AvgIpc) is 3.38. The van der Waals surface area contributed by atoms with E-state index >= 15 is 0 Å². The zero-order valence-corrected chi connectivity index (χ0v) is 18.2. The molecule has 4 rings (SSSR count). The lowest BCUT2D eigenvalue weighted by Crippen LogP contribution is -2.24. The molecule has 0 amide bonds. The molecule has 156 valence electrons. The molecule has 0 aliphatic carbocycles. The molecule has 0 fully saturated rings. The Morgan fingerprint density at radius 3 is 1.81 bits per heavy atom. The average molecular weight is 429 g/mol. The minimum atomic E-state index is -3.21. The Hall–Kier alpha value is -3.36. The van der Waals surface area contributed by atoms with Gasteiger partial charge in [0.25, 0.3) is 0 Å². The van der Waals surface area contributed by atoms with Crippen LogP contribution in [0.3, 0.4) is 0 Å². The number of aromatic nitrogens is 1. The highest BCUT2D eigenvalue weighted by molar-refractivity contribution is 7.79. The van der Waals surface area contributed by atoms with Gasteiger partial charge in [-0.05, 0) is 29.8 Å². The standard InChI is InChI=1S/C26H24NO3P/c1-30-22-16-14-21(15-17-22)25(20-26(28)27-18-8-9-19-27)31(29,23-10-4-2-5-11-23)24-12-6-3-7-13-24/h2-19,25H,20H2,1H3/t25-/m0/s1. The summed E-state index contributed by atoms with van der Waals surface area (Å²) in [4.78, 5) is 13.1. The fourth-order valence-electron chi connectivity index (χ4n) is 3.86. The van der Waals surface area contributed by atoms with Crippen LogP contribution in [0.25, 0.3) is 0 Å². The highest BCUT2D eigenvalue weighted by Gasteiger charge is 2.39. The van der Waals surface area contributed by atoms with E-state index in [1.54, 1.807) is 24.1 Å². The van der Waals surface area contributed by atoms with Gasteiger partial charge in [-0.1, -0.05) is 72.8 Å². The van der Waals surface area contributed by atoms with Gasteiger partial charge in [0.1, 0.15) is 5.75 Å². The molecule has 4 aromatic rings. The number of rotatable bonds is 7. The summed E-state index contributed by atoms with van der Waals surface area (Å²) >= 11 is 0. The van der Waals surface area contributed by atoms with Crippen molar-refractivity contribution in [1.82, 2.24) is 4.57 Å². The first-order valence-electron chi connectivity index (χ1n) is 10.1. The lowest BCUT2D eigenvalue weighted by Gasteiger charge is -2.29. The van der Waals surface area contributed by atoms with E-state index in [2.05, 4.69) is 0 Å². The quantitative estimate of drug-likeness (QED) is 0.376. The van der Waals surface area contributed by atoms with E-state index in [0.717, 1.165) is 16.2 Å². The summed E-state index contributed by atoms with van der Waals surface area (Å²) in [6.07, 6.45) is 3.56. The lowest BCUT2D eigenvalue weighted by atomic mass is 10.1. The third kappa shape index (κ3) is 4.26. The molecule has 0 radical (unpaired) electrons. The maximum atomic E-state index is 15.0. The molecule has 0 saturated carbocycles. The molecule has 3 aromatic carbocycles. The van der Waals surface area contributed by atoms with Crippen molar-refractivity contribution in [2.24, 2.45) is 0 Å². The maximum absolute atomic E-state index is 15.0. The van der Waals surface area contributed by atoms with Crippen molar-refractivity contribution in [3.8, 4) is 5.75 Å². The smallest absolute Gasteiger partial charge is 0.231 e. The monoisotopic (exact) mass is 429 g/mol. The molecule has 0 aliphatic heterocycles. The Bertz CT molecular complexity index is 1130. The highest BCUT2D eigenvalue weighted by Crippen LogP contribution is 2.59. The van der Waals surface area contributed by atoms with Crippen LogP contribution >= 0.6 is 7.14 Å². The van der Waals surface area contributed by atoms with Crippen molar-refractivity contribution in [2.75, 3.05) is 7.11 Å². The summed E-state index contributed by atoms with van der Waals surface area (Å²) in [6, 6.07) is 30.1. The summed E-state index contributed by atoms with van der Waals surface area (Å²) in [5.74, 6) is 0.617. The predicted molar refractivity (Wildman–Crippen MR) is 125 cm³/mol. The highest BCUT2D eigenvalue weighted by atomic mass is 31.2. The van der Waals surface area contributed by atoms with Gasteiger partial charge >= 0.3 is 0 Å². The third-order valence-electron chi connectivity index (χ3n) is 5.48. The van der Waals surface area contributed by atoms with Crippen LogP contribution in [0.15, 0.2) is 109 Å². The molecule has 1 heterocycles. The zero-order valence-electron chi connectivity index (χ0n) is 17.3. The zero-order chi connectivity index (χ0) is 21.7. The summed E-state index contributed by atoms with van der Waals surface area (Å²) in [5.41, 5.74) is 0.329. The number of benzene rings is 3. The van der Waals surface area contributed by atoms with Gasteiger partial charge < -0.3 is 9.30 Å². The van der Waals surface area contributed by atoms with Crippen molar-refractivity contribution in [2.45, 2.75) is 12.1 Å². The number of carbonyl (C=O) groups excluding carboxylic acids is 1. The molecule has 4 nitrogen and oxygen atoms in total. The lowest BCUT2D eigenvalue weighted by molar-refractivity contribution is 0.0901. The summed E-state index contributed by atoms with van der Waals surface area (Å²) in [7, 11) is -1.60. The SMILES string of the molecule is COc1ccc([C@H](CC(=O)n2cccc2)P(=O)(c2ccccc2)c2ccccc2)cc1. The molecule has 0 N–H and O–H groups in total. The van der Waals surface area contributed by atoms with E-state index in [0.29, 0.717) is 5.75 Å². The Morgan fingerprint density at radius 2 is 1.32 bits per heavy atom. The van der Waals surface area contributed by atoms with E-state index < -0.39 is 12.8 Å². The summed E-state index contributed by atoms with van der Waals surface area (Å²) in [5, 5.41) is 1.48. The van der Waals surface area contributed by atoms with Crippen LogP contribution in [0, 0.1) is 0 Å². The van der Waals surface area contributed by atoms with Gasteiger partial charge in [-0.3, -0.25) is 9.36 Å². The number of hydrogen-bond acceptors (Lipinski definition) is 3. The molecular formula is C26H24NO3P. The summed E-state index contributed by atoms with van der Waals surface area (Å²) in [6.45, 7) is 0. The first-order chi connectivity index (χ1) is 15.1. The molecule has 1 atom stereocenters. The normalized spacial score (nSPS) is 12.3. The van der Waals surface area contributed by atoms with Crippen molar-refractivity contribution >= 4 is 23.7 Å². The fraction of sp³-hybridized carbons (Fsp3) is 0.115. The van der Waals surface area contributed by atoms with Crippen LogP contribution in [0.5, 0.6) is 5.75 Å². The number of carbonyl (C=O) groups is 1. The molecule has 31 heavy (non-hydrogen) atoms. The first-order valence-corrected chi connectivity index (χ1v) is 11.9. The van der Waals surface area contributed by atoms with E-state index in [1.165, 1.54) is 0 Å². The van der Waals surface area contributed by atoms with Gasteiger partial charge in [-0.2, -0.15) is 0 Å².